The van der Waals surface area contributed by atoms with E-state index in [1.165, 1.54) is 22.5 Å². The van der Waals surface area contributed by atoms with Gasteiger partial charge in [-0.15, -0.1) is 0 Å². The Hall–Kier alpha value is -2.29. The summed E-state index contributed by atoms with van der Waals surface area (Å²) < 4.78 is 40.0. The molecule has 28 heavy (non-hydrogen) atoms. The van der Waals surface area contributed by atoms with Gasteiger partial charge in [-0.2, -0.15) is 4.31 Å². The summed E-state index contributed by atoms with van der Waals surface area (Å²) in [5, 5.41) is 2.70. The molecule has 0 spiro atoms. The van der Waals surface area contributed by atoms with Crippen LogP contribution in [0.2, 0.25) is 0 Å². The SMILES string of the molecule is C[C@@H](C(=O)Nc1cccc(F)c1)N1CCN(S(=O)(=O)Cc2ccccc2)CC1. The van der Waals surface area contributed by atoms with Gasteiger partial charge >= 0.3 is 0 Å². The molecule has 0 aliphatic carbocycles. The Balaban J connectivity index is 1.54. The Morgan fingerprint density at radius 2 is 1.75 bits per heavy atom. The molecule has 1 atom stereocenters. The Morgan fingerprint density at radius 1 is 1.07 bits per heavy atom. The number of halogens is 1. The van der Waals surface area contributed by atoms with E-state index in [9.17, 15) is 17.6 Å². The third-order valence-electron chi connectivity index (χ3n) is 4.88. The van der Waals surface area contributed by atoms with Crippen molar-refractivity contribution in [3.8, 4) is 0 Å². The Kier molecular flexibility index (Phi) is 6.43. The number of nitrogens with zero attached hydrogens (tertiary/aromatic N) is 2. The van der Waals surface area contributed by atoms with Crippen LogP contribution in [0.25, 0.3) is 0 Å². The maximum Gasteiger partial charge on any atom is 0.241 e. The highest BCUT2D eigenvalue weighted by molar-refractivity contribution is 7.88. The molecule has 150 valence electrons. The average Bonchev–Trinajstić information content (AvgIpc) is 2.68. The third-order valence-corrected chi connectivity index (χ3v) is 6.73. The topological polar surface area (TPSA) is 69.7 Å². The zero-order valence-electron chi connectivity index (χ0n) is 15.7. The van der Waals surface area contributed by atoms with Crippen molar-refractivity contribution >= 4 is 21.6 Å². The molecule has 0 bridgehead atoms. The molecule has 2 aromatic rings. The molecule has 1 saturated heterocycles. The van der Waals surface area contributed by atoms with E-state index in [1.807, 2.05) is 23.1 Å². The fourth-order valence-electron chi connectivity index (χ4n) is 3.22. The van der Waals surface area contributed by atoms with Crippen LogP contribution < -0.4 is 5.32 Å². The summed E-state index contributed by atoms with van der Waals surface area (Å²) >= 11 is 0. The third kappa shape index (κ3) is 5.15. The maximum absolute atomic E-state index is 13.3. The van der Waals surface area contributed by atoms with E-state index in [0.29, 0.717) is 31.9 Å². The molecule has 1 N–H and O–H groups in total. The van der Waals surface area contributed by atoms with Gasteiger partial charge in [-0.1, -0.05) is 36.4 Å². The first-order valence-corrected chi connectivity index (χ1v) is 10.8. The monoisotopic (exact) mass is 405 g/mol. The Morgan fingerprint density at radius 3 is 2.39 bits per heavy atom. The molecule has 1 heterocycles. The standard InChI is InChI=1S/C20H24FN3O3S/c1-16(20(25)22-19-9-5-8-18(21)14-19)23-10-12-24(13-11-23)28(26,27)15-17-6-3-2-4-7-17/h2-9,14,16H,10-13,15H2,1H3,(H,22,25)/t16-/m0/s1. The quantitative estimate of drug-likeness (QED) is 0.801. The maximum atomic E-state index is 13.3. The van der Waals surface area contributed by atoms with Crippen LogP contribution >= 0.6 is 0 Å². The zero-order chi connectivity index (χ0) is 20.1. The van der Waals surface area contributed by atoms with E-state index in [0.717, 1.165) is 5.56 Å². The van der Waals surface area contributed by atoms with Crippen LogP contribution in [0.15, 0.2) is 54.6 Å². The predicted molar refractivity (Wildman–Crippen MR) is 107 cm³/mol. The number of piperazine rings is 1. The van der Waals surface area contributed by atoms with Crippen LogP contribution in [-0.4, -0.2) is 55.8 Å². The van der Waals surface area contributed by atoms with Gasteiger partial charge in [0, 0.05) is 31.9 Å². The number of amides is 1. The van der Waals surface area contributed by atoms with Gasteiger partial charge < -0.3 is 5.32 Å². The highest BCUT2D eigenvalue weighted by Gasteiger charge is 2.30. The fourth-order valence-corrected chi connectivity index (χ4v) is 4.74. The number of hydrogen-bond acceptors (Lipinski definition) is 4. The van der Waals surface area contributed by atoms with Crippen molar-refractivity contribution in [2.75, 3.05) is 31.5 Å². The van der Waals surface area contributed by atoms with Crippen molar-refractivity contribution in [1.82, 2.24) is 9.21 Å². The molecule has 3 rings (SSSR count). The van der Waals surface area contributed by atoms with Gasteiger partial charge in [0.2, 0.25) is 15.9 Å². The predicted octanol–water partition coefficient (Wildman–Crippen LogP) is 2.30. The smallest absolute Gasteiger partial charge is 0.241 e. The molecule has 8 heteroatoms. The van der Waals surface area contributed by atoms with E-state index in [-0.39, 0.29) is 11.7 Å². The van der Waals surface area contributed by atoms with Crippen molar-refractivity contribution in [3.05, 3.63) is 66.0 Å². The highest BCUT2D eigenvalue weighted by Crippen LogP contribution is 2.16. The molecular formula is C20H24FN3O3S. The van der Waals surface area contributed by atoms with Crippen molar-refractivity contribution in [3.63, 3.8) is 0 Å². The van der Waals surface area contributed by atoms with Crippen molar-refractivity contribution < 1.29 is 17.6 Å². The second kappa shape index (κ2) is 8.81. The molecule has 0 aromatic heterocycles. The number of hydrogen-bond donors (Lipinski definition) is 1. The van der Waals surface area contributed by atoms with Crippen LogP contribution in [-0.2, 0) is 20.6 Å². The second-order valence-corrected chi connectivity index (χ2v) is 8.82. The van der Waals surface area contributed by atoms with Gasteiger partial charge in [0.1, 0.15) is 5.82 Å². The average molecular weight is 405 g/mol. The number of sulfonamides is 1. The molecule has 0 unspecified atom stereocenters. The lowest BCUT2D eigenvalue weighted by Gasteiger charge is -2.36. The minimum Gasteiger partial charge on any atom is -0.325 e. The molecule has 0 radical (unpaired) electrons. The van der Waals surface area contributed by atoms with Crippen molar-refractivity contribution in [1.29, 1.82) is 0 Å². The number of carbonyl (C=O) groups excluding carboxylic acids is 1. The van der Waals surface area contributed by atoms with Gasteiger partial charge in [-0.05, 0) is 30.7 Å². The van der Waals surface area contributed by atoms with Gasteiger partial charge in [-0.25, -0.2) is 12.8 Å². The first-order valence-electron chi connectivity index (χ1n) is 9.17. The van der Waals surface area contributed by atoms with Crippen LogP contribution in [0.1, 0.15) is 12.5 Å². The summed E-state index contributed by atoms with van der Waals surface area (Å²) in [6.07, 6.45) is 0. The normalized spacial score (nSPS) is 17.2. The van der Waals surface area contributed by atoms with E-state index in [2.05, 4.69) is 5.32 Å². The lowest BCUT2D eigenvalue weighted by atomic mass is 10.2. The first-order chi connectivity index (χ1) is 13.3. The molecule has 1 aliphatic rings. The molecular weight excluding hydrogens is 381 g/mol. The molecule has 0 saturated carbocycles. The van der Waals surface area contributed by atoms with E-state index in [1.54, 1.807) is 25.1 Å². The van der Waals surface area contributed by atoms with Crippen LogP contribution in [0.5, 0.6) is 0 Å². The van der Waals surface area contributed by atoms with Crippen LogP contribution in [0.3, 0.4) is 0 Å². The number of nitrogens with one attached hydrogen (secondary N) is 1. The fraction of sp³-hybridized carbons (Fsp3) is 0.350. The van der Waals surface area contributed by atoms with Gasteiger partial charge in [-0.3, -0.25) is 9.69 Å². The summed E-state index contributed by atoms with van der Waals surface area (Å²) in [7, 11) is -3.39. The summed E-state index contributed by atoms with van der Waals surface area (Å²) in [5.74, 6) is -0.683. The number of carbonyl (C=O) groups is 1. The molecule has 1 amide bonds. The van der Waals surface area contributed by atoms with Crippen LogP contribution in [0, 0.1) is 5.82 Å². The van der Waals surface area contributed by atoms with E-state index in [4.69, 9.17) is 0 Å². The number of anilines is 1. The van der Waals surface area contributed by atoms with Gasteiger partial charge in [0.05, 0.1) is 11.8 Å². The Bertz CT molecular complexity index is 913. The lowest BCUT2D eigenvalue weighted by Crippen LogP contribution is -2.54. The summed E-state index contributed by atoms with van der Waals surface area (Å²) in [6, 6.07) is 14.4. The van der Waals surface area contributed by atoms with Crippen molar-refractivity contribution in [2.24, 2.45) is 0 Å². The molecule has 1 aliphatic heterocycles. The van der Waals surface area contributed by atoms with E-state index >= 15 is 0 Å². The summed E-state index contributed by atoms with van der Waals surface area (Å²) in [4.78, 5) is 14.4. The number of benzene rings is 2. The second-order valence-electron chi connectivity index (χ2n) is 6.85. The molecule has 2 aromatic carbocycles. The molecule has 6 nitrogen and oxygen atoms in total. The van der Waals surface area contributed by atoms with E-state index < -0.39 is 21.9 Å². The van der Waals surface area contributed by atoms with Gasteiger partial charge in [0.25, 0.3) is 0 Å². The summed E-state index contributed by atoms with van der Waals surface area (Å²) in [6.45, 7) is 3.37. The summed E-state index contributed by atoms with van der Waals surface area (Å²) in [5.41, 5.74) is 1.16. The highest BCUT2D eigenvalue weighted by atomic mass is 32.2. The Labute approximate surface area is 165 Å². The van der Waals surface area contributed by atoms with Crippen LogP contribution in [0.4, 0.5) is 10.1 Å². The minimum atomic E-state index is -3.39. The minimum absolute atomic E-state index is 0.0244. The van der Waals surface area contributed by atoms with Gasteiger partial charge in [0.15, 0.2) is 0 Å². The lowest BCUT2D eigenvalue weighted by molar-refractivity contribution is -0.121. The number of rotatable bonds is 6. The van der Waals surface area contributed by atoms with Crippen molar-refractivity contribution in [2.45, 2.75) is 18.7 Å². The molecule has 1 fully saturated rings. The largest absolute Gasteiger partial charge is 0.325 e. The first kappa shape index (κ1) is 20.4. The zero-order valence-corrected chi connectivity index (χ0v) is 16.5.